The first kappa shape index (κ1) is 14.5. The van der Waals surface area contributed by atoms with Crippen LogP contribution < -0.4 is 0 Å². The van der Waals surface area contributed by atoms with Gasteiger partial charge in [0.25, 0.3) is 0 Å². The fourth-order valence-corrected chi connectivity index (χ4v) is 9.11. The lowest BCUT2D eigenvalue weighted by Gasteiger charge is -2.34. The van der Waals surface area contributed by atoms with Gasteiger partial charge in [0.1, 0.15) is 3.23 Å². The zero-order chi connectivity index (χ0) is 12.5. The smallest absolute Gasteiger partial charge is 0.308 e. The summed E-state index contributed by atoms with van der Waals surface area (Å²) in [6.07, 6.45) is 0.486. The van der Waals surface area contributed by atoms with E-state index in [4.69, 9.17) is 0 Å². The van der Waals surface area contributed by atoms with Gasteiger partial charge in [0.15, 0.2) is 0 Å². The zero-order valence-electron chi connectivity index (χ0n) is 7.41. The third kappa shape index (κ3) is 1.40. The molecule has 0 saturated heterocycles. The molecule has 1 fully saturated rings. The van der Waals surface area contributed by atoms with Gasteiger partial charge in [-0.2, -0.15) is 0 Å². The summed E-state index contributed by atoms with van der Waals surface area (Å²) in [5.74, 6) is -1.35. The molecule has 2 aliphatic rings. The number of aliphatic carboxylic acids is 1. The van der Waals surface area contributed by atoms with Crippen molar-refractivity contribution in [2.24, 2.45) is 5.92 Å². The molecule has 1 saturated carbocycles. The van der Waals surface area contributed by atoms with E-state index in [-0.39, 0.29) is 0 Å². The fourth-order valence-electron chi connectivity index (χ4n) is 2.17. The largest absolute Gasteiger partial charge is 0.481 e. The topological polar surface area (TPSA) is 37.3 Å². The van der Waals surface area contributed by atoms with Gasteiger partial charge in [-0.15, -0.1) is 0 Å². The van der Waals surface area contributed by atoms with Gasteiger partial charge in [-0.25, -0.2) is 0 Å². The summed E-state index contributed by atoms with van der Waals surface area (Å²) in [5, 5.41) is 9.30. The van der Waals surface area contributed by atoms with E-state index in [1.165, 1.54) is 0 Å². The molecule has 0 aromatic heterocycles. The van der Waals surface area contributed by atoms with E-state index in [1.54, 1.807) is 0 Å². The van der Waals surface area contributed by atoms with Gasteiger partial charge in [0, 0.05) is 8.96 Å². The van der Waals surface area contributed by atoms with Crippen molar-refractivity contribution in [1.29, 1.82) is 0 Å². The molecule has 0 heterocycles. The van der Waals surface area contributed by atoms with Gasteiger partial charge in [0.2, 0.25) is 0 Å². The lowest BCUT2D eigenvalue weighted by Crippen LogP contribution is -2.44. The second-order valence-corrected chi connectivity index (χ2v) is 11.4. The molecule has 2 rings (SSSR count). The summed E-state index contributed by atoms with van der Waals surface area (Å²) in [7, 11) is 0. The van der Waals surface area contributed by atoms with Gasteiger partial charge in [0.05, 0.1) is 14.6 Å². The Hall–Kier alpha value is 2.09. The van der Waals surface area contributed by atoms with Crippen LogP contribution in [-0.2, 0) is 4.79 Å². The van der Waals surface area contributed by atoms with Gasteiger partial charge in [-0.1, -0.05) is 95.6 Å². The Bertz CT molecular complexity index is 419. The minimum absolute atomic E-state index is 0.481. The summed E-state index contributed by atoms with van der Waals surface area (Å²) in [4.78, 5) is 11.3. The average Bonchev–Trinajstić information content (AvgIpc) is 2.39. The van der Waals surface area contributed by atoms with Crippen molar-refractivity contribution >= 4 is 102 Å². The molecule has 0 aliphatic heterocycles. The minimum atomic E-state index is -0.821. The third-order valence-corrected chi connectivity index (χ3v) is 14.4. The van der Waals surface area contributed by atoms with Crippen LogP contribution >= 0.6 is 95.6 Å². The van der Waals surface area contributed by atoms with Crippen molar-refractivity contribution in [2.45, 2.75) is 18.3 Å². The van der Waals surface area contributed by atoms with E-state index in [1.807, 2.05) is 0 Å². The van der Waals surface area contributed by atoms with Gasteiger partial charge in [-0.3, -0.25) is 4.79 Å². The van der Waals surface area contributed by atoms with Crippen molar-refractivity contribution in [3.05, 3.63) is 8.96 Å². The first-order valence-electron chi connectivity index (χ1n) is 4.15. The Kier molecular flexibility index (Phi) is 3.66. The quantitative estimate of drug-likeness (QED) is 0.431. The normalized spacial score (nSPS) is 45.2. The SMILES string of the molecule is O=C(O)[C@@H]1C[C@]2(Br)C(Br)=C(Br)[C@]1(Br)C2(Br)Br. The zero-order valence-corrected chi connectivity index (χ0v) is 16.9. The second-order valence-electron chi connectivity index (χ2n) is 3.81. The number of fused-ring (bicyclic) bond motifs is 2. The highest BCUT2D eigenvalue weighted by molar-refractivity contribution is 9.27. The summed E-state index contributed by atoms with van der Waals surface area (Å²) in [6.45, 7) is 0. The maximum Gasteiger partial charge on any atom is 0.308 e. The maximum absolute atomic E-state index is 11.3. The Balaban J connectivity index is 2.69. The van der Waals surface area contributed by atoms with Crippen LogP contribution in [0.4, 0.5) is 0 Å². The monoisotopic (exact) mass is 606 g/mol. The highest BCUT2D eigenvalue weighted by atomic mass is 79.9. The van der Waals surface area contributed by atoms with E-state index in [9.17, 15) is 9.90 Å². The maximum atomic E-state index is 11.3. The Morgan fingerprint density at radius 1 is 1.19 bits per heavy atom. The Labute approximate surface area is 143 Å². The molecule has 0 aromatic carbocycles. The Morgan fingerprint density at radius 3 is 2.00 bits per heavy atom. The molecule has 0 unspecified atom stereocenters. The van der Waals surface area contributed by atoms with Crippen molar-refractivity contribution < 1.29 is 9.90 Å². The summed E-state index contributed by atoms with van der Waals surface area (Å²) >= 11 is 21.4. The number of carbonyl (C=O) groups is 1. The molecule has 0 spiro atoms. The predicted molar refractivity (Wildman–Crippen MR) is 84.5 cm³/mol. The molecule has 2 bridgehead atoms. The predicted octanol–water partition coefficient (Wildman–Crippen LogP) is 4.86. The number of rotatable bonds is 1. The molecule has 2 aliphatic carbocycles. The van der Waals surface area contributed by atoms with E-state index < -0.39 is 23.8 Å². The van der Waals surface area contributed by atoms with Crippen LogP contribution in [-0.4, -0.2) is 23.0 Å². The van der Waals surface area contributed by atoms with Crippen LogP contribution in [0, 0.1) is 5.92 Å². The summed E-state index contributed by atoms with van der Waals surface area (Å²) < 4.78 is -0.0623. The third-order valence-electron chi connectivity index (χ3n) is 3.08. The van der Waals surface area contributed by atoms with E-state index in [2.05, 4.69) is 95.6 Å². The molecule has 0 aromatic rings. The first-order valence-corrected chi connectivity index (χ1v) is 8.91. The number of carboxylic acids is 1. The van der Waals surface area contributed by atoms with Crippen LogP contribution in [0.3, 0.4) is 0 Å². The van der Waals surface area contributed by atoms with Crippen LogP contribution in [0.5, 0.6) is 0 Å². The van der Waals surface area contributed by atoms with Crippen molar-refractivity contribution in [3.8, 4) is 0 Å². The number of halogens is 6. The van der Waals surface area contributed by atoms with Crippen LogP contribution in [0.25, 0.3) is 0 Å². The summed E-state index contributed by atoms with van der Waals surface area (Å²) in [6, 6.07) is 0. The molecule has 90 valence electrons. The number of alkyl halides is 4. The van der Waals surface area contributed by atoms with Crippen molar-refractivity contribution in [3.63, 3.8) is 0 Å². The van der Waals surface area contributed by atoms with Crippen LogP contribution in [0.2, 0.25) is 0 Å². The highest BCUT2D eigenvalue weighted by Gasteiger charge is 2.77. The van der Waals surface area contributed by atoms with Crippen LogP contribution in [0.15, 0.2) is 8.96 Å². The number of hydrogen-bond donors (Lipinski definition) is 1. The first-order chi connectivity index (χ1) is 7.10. The van der Waals surface area contributed by atoms with Crippen molar-refractivity contribution in [2.75, 3.05) is 0 Å². The fraction of sp³-hybridized carbons (Fsp3) is 0.625. The molecule has 8 heteroatoms. The summed E-state index contributed by atoms with van der Waals surface area (Å²) in [5.41, 5.74) is 0. The molecule has 1 N–H and O–H groups in total. The van der Waals surface area contributed by atoms with Gasteiger partial charge < -0.3 is 5.11 Å². The van der Waals surface area contributed by atoms with Gasteiger partial charge in [-0.05, 0) is 6.42 Å². The molecule has 3 atom stereocenters. The molecular formula is C8H4Br6O2. The molecule has 2 nitrogen and oxygen atoms in total. The van der Waals surface area contributed by atoms with Crippen LogP contribution in [0.1, 0.15) is 6.42 Å². The average molecular weight is 612 g/mol. The second kappa shape index (κ2) is 4.04. The Morgan fingerprint density at radius 2 is 1.69 bits per heavy atom. The molecule has 0 radical (unpaired) electrons. The highest BCUT2D eigenvalue weighted by Crippen LogP contribution is 2.77. The van der Waals surface area contributed by atoms with E-state index in [0.717, 1.165) is 8.96 Å². The lowest BCUT2D eigenvalue weighted by molar-refractivity contribution is -0.141. The van der Waals surface area contributed by atoms with Crippen molar-refractivity contribution in [1.82, 2.24) is 0 Å². The minimum Gasteiger partial charge on any atom is -0.481 e. The molecule has 0 amide bonds. The van der Waals surface area contributed by atoms with E-state index >= 15 is 0 Å². The van der Waals surface area contributed by atoms with E-state index in [0.29, 0.717) is 6.42 Å². The standard InChI is InChI=1S/C8H4Br6O2/c9-3-4(10)7(12)2(5(15)16)1-6(3,11)8(7,13)14/h2H,1H2,(H,15,16)/t2-,6-,7-/m0/s1. The number of hydrogen-bond acceptors (Lipinski definition) is 1. The molecular weight excluding hydrogens is 608 g/mol. The number of allylic oxidation sites excluding steroid dienone is 2. The number of carboxylic acid groups (broad SMARTS) is 1. The molecule has 16 heavy (non-hydrogen) atoms. The lowest BCUT2D eigenvalue weighted by atomic mass is 9.93. The van der Waals surface area contributed by atoms with Gasteiger partial charge >= 0.3 is 5.97 Å².